The molecule has 29 heavy (non-hydrogen) atoms. The van der Waals surface area contributed by atoms with Crippen LogP contribution in [0.5, 0.6) is 5.75 Å². The van der Waals surface area contributed by atoms with Crippen LogP contribution in [0.2, 0.25) is 0 Å². The number of benzene rings is 2. The summed E-state index contributed by atoms with van der Waals surface area (Å²) in [6.07, 6.45) is 0.125. The van der Waals surface area contributed by atoms with Gasteiger partial charge in [-0.15, -0.1) is 0 Å². The Morgan fingerprint density at radius 2 is 1.41 bits per heavy atom. The lowest BCUT2D eigenvalue weighted by Crippen LogP contribution is -2.42. The molecule has 5 nitrogen and oxygen atoms in total. The number of rotatable bonds is 5. The van der Waals surface area contributed by atoms with Crippen LogP contribution in [-0.4, -0.2) is 28.1 Å². The first-order valence-corrected chi connectivity index (χ1v) is 9.76. The summed E-state index contributed by atoms with van der Waals surface area (Å²) < 4.78 is 0. The molecule has 2 rings (SSSR count). The highest BCUT2D eigenvalue weighted by molar-refractivity contribution is 5.96. The second kappa shape index (κ2) is 8.27. The van der Waals surface area contributed by atoms with Gasteiger partial charge in [-0.2, -0.15) is 0 Å². The lowest BCUT2D eigenvalue weighted by Gasteiger charge is -2.28. The topological polar surface area (TPSA) is 86.6 Å². The zero-order valence-electron chi connectivity index (χ0n) is 18.0. The summed E-state index contributed by atoms with van der Waals surface area (Å²) in [4.78, 5) is 24.3. The van der Waals surface area contributed by atoms with E-state index in [-0.39, 0.29) is 23.0 Å². The molecule has 2 aromatic carbocycles. The van der Waals surface area contributed by atoms with Gasteiger partial charge in [-0.25, -0.2) is 4.79 Å². The van der Waals surface area contributed by atoms with Gasteiger partial charge in [0, 0.05) is 12.0 Å². The van der Waals surface area contributed by atoms with E-state index >= 15 is 0 Å². The minimum atomic E-state index is -1.10. The third kappa shape index (κ3) is 5.59. The van der Waals surface area contributed by atoms with Gasteiger partial charge in [0.05, 0.1) is 0 Å². The highest BCUT2D eigenvalue weighted by Gasteiger charge is 2.28. The minimum Gasteiger partial charge on any atom is -0.507 e. The third-order valence-corrected chi connectivity index (χ3v) is 4.86. The number of amides is 1. The van der Waals surface area contributed by atoms with Gasteiger partial charge < -0.3 is 15.5 Å². The molecule has 0 aromatic heterocycles. The summed E-state index contributed by atoms with van der Waals surface area (Å²) in [6.45, 7) is 12.0. The molecule has 0 saturated carbocycles. The van der Waals surface area contributed by atoms with Crippen molar-refractivity contribution in [2.45, 2.75) is 64.8 Å². The quantitative estimate of drug-likeness (QED) is 0.697. The van der Waals surface area contributed by atoms with E-state index in [0.29, 0.717) is 5.56 Å². The molecule has 0 heterocycles. The van der Waals surface area contributed by atoms with E-state index in [1.165, 1.54) is 0 Å². The number of aliphatic carboxylic acids is 1. The maximum Gasteiger partial charge on any atom is 0.326 e. The largest absolute Gasteiger partial charge is 0.507 e. The molecule has 0 saturated heterocycles. The molecule has 0 radical (unpaired) electrons. The van der Waals surface area contributed by atoms with E-state index in [0.717, 1.165) is 16.7 Å². The van der Waals surface area contributed by atoms with Crippen molar-refractivity contribution in [3.8, 4) is 5.75 Å². The predicted molar refractivity (Wildman–Crippen MR) is 115 cm³/mol. The number of carbonyl (C=O) groups is 2. The second-order valence-electron chi connectivity index (χ2n) is 9.47. The van der Waals surface area contributed by atoms with E-state index in [1.54, 1.807) is 30.3 Å². The van der Waals surface area contributed by atoms with Crippen molar-refractivity contribution in [3.63, 3.8) is 0 Å². The van der Waals surface area contributed by atoms with Crippen LogP contribution in [0.4, 0.5) is 0 Å². The molecule has 5 heteroatoms. The Hall–Kier alpha value is -2.82. The van der Waals surface area contributed by atoms with Gasteiger partial charge in [0.15, 0.2) is 0 Å². The van der Waals surface area contributed by atoms with E-state index in [2.05, 4.69) is 5.32 Å². The molecule has 1 atom stereocenters. The molecular formula is C24H31NO4. The Bertz CT molecular complexity index is 854. The smallest absolute Gasteiger partial charge is 0.326 e. The highest BCUT2D eigenvalue weighted by atomic mass is 16.4. The molecule has 0 unspecified atom stereocenters. The Labute approximate surface area is 172 Å². The van der Waals surface area contributed by atoms with Crippen LogP contribution in [0.25, 0.3) is 0 Å². The predicted octanol–water partition coefficient (Wildman–Crippen LogP) is 4.41. The lowest BCUT2D eigenvalue weighted by molar-refractivity contribution is -0.139. The number of phenols is 1. The second-order valence-corrected chi connectivity index (χ2v) is 9.47. The number of carboxylic acid groups (broad SMARTS) is 1. The van der Waals surface area contributed by atoms with E-state index < -0.39 is 17.9 Å². The fourth-order valence-corrected chi connectivity index (χ4v) is 3.22. The molecule has 0 fully saturated rings. The molecule has 0 aliphatic rings. The van der Waals surface area contributed by atoms with Crippen molar-refractivity contribution >= 4 is 11.9 Å². The Morgan fingerprint density at radius 3 is 1.83 bits per heavy atom. The Kier molecular flexibility index (Phi) is 6.41. The molecule has 156 valence electrons. The van der Waals surface area contributed by atoms with Crippen molar-refractivity contribution < 1.29 is 19.8 Å². The summed E-state index contributed by atoms with van der Waals surface area (Å²) in [6, 6.07) is 11.2. The summed E-state index contributed by atoms with van der Waals surface area (Å²) in [5.41, 5.74) is 2.07. The fraction of sp³-hybridized carbons (Fsp3) is 0.417. The number of nitrogens with one attached hydrogen (secondary N) is 1. The Morgan fingerprint density at radius 1 is 0.931 bits per heavy atom. The molecule has 0 bridgehead atoms. The van der Waals surface area contributed by atoms with Crippen molar-refractivity contribution in [3.05, 3.63) is 64.7 Å². The normalized spacial score (nSPS) is 13.0. The average Bonchev–Trinajstić information content (AvgIpc) is 2.61. The maximum atomic E-state index is 12.4. The van der Waals surface area contributed by atoms with Crippen LogP contribution < -0.4 is 5.32 Å². The summed E-state index contributed by atoms with van der Waals surface area (Å²) >= 11 is 0. The molecule has 1 amide bonds. The van der Waals surface area contributed by atoms with Crippen LogP contribution >= 0.6 is 0 Å². The first-order valence-electron chi connectivity index (χ1n) is 9.76. The third-order valence-electron chi connectivity index (χ3n) is 4.86. The summed E-state index contributed by atoms with van der Waals surface area (Å²) in [5.74, 6) is -1.28. The standard InChI is InChI=1S/C24H31NO4/c1-23(2,3)17-12-15(13-18(20(17)26)24(4,5)6)14-19(22(28)29)25-21(27)16-10-8-7-9-11-16/h7-13,19,26H,14H2,1-6H3,(H,25,27)(H,28,29)/t19-/m0/s1. The number of carboxylic acids is 1. The number of phenolic OH excluding ortho intramolecular Hbond substituents is 1. The van der Waals surface area contributed by atoms with Crippen LogP contribution in [0.1, 0.15) is 68.6 Å². The highest BCUT2D eigenvalue weighted by Crippen LogP contribution is 2.40. The first-order chi connectivity index (χ1) is 13.3. The van der Waals surface area contributed by atoms with Crippen molar-refractivity contribution in [1.82, 2.24) is 5.32 Å². The van der Waals surface area contributed by atoms with Crippen LogP contribution in [-0.2, 0) is 22.0 Å². The Balaban J connectivity index is 2.41. The number of aromatic hydroxyl groups is 1. The number of hydrogen-bond acceptors (Lipinski definition) is 3. The van der Waals surface area contributed by atoms with Gasteiger partial charge >= 0.3 is 5.97 Å². The molecule has 0 aliphatic heterocycles. The van der Waals surface area contributed by atoms with Crippen molar-refractivity contribution in [2.75, 3.05) is 0 Å². The molecule has 2 aromatic rings. The first kappa shape index (κ1) is 22.5. The van der Waals surface area contributed by atoms with Gasteiger partial charge in [-0.1, -0.05) is 71.9 Å². The lowest BCUT2D eigenvalue weighted by atomic mass is 9.78. The zero-order valence-corrected chi connectivity index (χ0v) is 18.0. The van der Waals surface area contributed by atoms with Gasteiger partial charge in [0.1, 0.15) is 11.8 Å². The van der Waals surface area contributed by atoms with Crippen molar-refractivity contribution in [1.29, 1.82) is 0 Å². The van der Waals surface area contributed by atoms with Gasteiger partial charge in [0.2, 0.25) is 0 Å². The SMILES string of the molecule is CC(C)(C)c1cc(C[C@H](NC(=O)c2ccccc2)C(=O)O)cc(C(C)(C)C)c1O. The fourth-order valence-electron chi connectivity index (χ4n) is 3.22. The van der Waals surface area contributed by atoms with Crippen LogP contribution in [0, 0.1) is 0 Å². The maximum absolute atomic E-state index is 12.4. The zero-order chi connectivity index (χ0) is 22.0. The van der Waals surface area contributed by atoms with Gasteiger partial charge in [-0.3, -0.25) is 4.79 Å². The number of hydrogen-bond donors (Lipinski definition) is 3. The molecule has 0 aliphatic carbocycles. The van der Waals surface area contributed by atoms with Gasteiger partial charge in [-0.05, 0) is 39.7 Å². The van der Waals surface area contributed by atoms with Crippen LogP contribution in [0.15, 0.2) is 42.5 Å². The average molecular weight is 398 g/mol. The molecular weight excluding hydrogens is 366 g/mol. The van der Waals surface area contributed by atoms with E-state index in [9.17, 15) is 19.8 Å². The van der Waals surface area contributed by atoms with Gasteiger partial charge in [0.25, 0.3) is 5.91 Å². The monoisotopic (exact) mass is 397 g/mol. The molecule has 3 N–H and O–H groups in total. The van der Waals surface area contributed by atoms with Crippen LogP contribution in [0.3, 0.4) is 0 Å². The summed E-state index contributed by atoms with van der Waals surface area (Å²) in [5, 5.41) is 23.1. The van der Waals surface area contributed by atoms with E-state index in [4.69, 9.17) is 0 Å². The molecule has 0 spiro atoms. The van der Waals surface area contributed by atoms with E-state index in [1.807, 2.05) is 53.7 Å². The summed E-state index contributed by atoms with van der Waals surface area (Å²) in [7, 11) is 0. The van der Waals surface area contributed by atoms with Crippen molar-refractivity contribution in [2.24, 2.45) is 0 Å². The minimum absolute atomic E-state index is 0.125. The number of carbonyl (C=O) groups excluding carboxylic acids is 1.